The highest BCUT2D eigenvalue weighted by atomic mass is 16.5. The van der Waals surface area contributed by atoms with Gasteiger partial charge in [-0.05, 0) is 73.2 Å². The number of hydrogen-bond donors (Lipinski definition) is 0. The Balaban J connectivity index is 1.80. The van der Waals surface area contributed by atoms with Gasteiger partial charge in [-0.1, -0.05) is 0 Å². The van der Waals surface area contributed by atoms with Gasteiger partial charge in [0, 0.05) is 0 Å². The number of carbonyl (C=O) groups is 3. The monoisotopic (exact) mass is 464 g/mol. The van der Waals surface area contributed by atoms with Gasteiger partial charge in [0.1, 0.15) is 28.6 Å². The number of hydrogen-bond acceptors (Lipinski definition) is 8. The number of rotatable bonds is 9. The largest absolute Gasteiger partial charge is 0.497 e. The average molecular weight is 464 g/mol. The summed E-state index contributed by atoms with van der Waals surface area (Å²) in [5.41, 5.74) is 1.24. The first-order valence-corrected chi connectivity index (χ1v) is 10.3. The first-order valence-electron chi connectivity index (χ1n) is 10.3. The van der Waals surface area contributed by atoms with Crippen molar-refractivity contribution in [2.45, 2.75) is 6.92 Å². The Hall–Kier alpha value is -4.33. The Labute approximate surface area is 197 Å². The molecule has 8 heteroatoms. The molecule has 176 valence electrons. The maximum atomic E-state index is 13.0. The molecule has 0 amide bonds. The van der Waals surface area contributed by atoms with E-state index in [1.807, 2.05) is 0 Å². The molecule has 0 saturated heterocycles. The van der Waals surface area contributed by atoms with Crippen molar-refractivity contribution in [1.82, 2.24) is 0 Å². The van der Waals surface area contributed by atoms with E-state index >= 15 is 0 Å². The SMILES string of the molecule is COc1ccc(C(=O)OCC(=O)c2c(OC)cc(C)cc2OC(=O)c2ccc(OC)cc2)cc1. The molecule has 0 unspecified atom stereocenters. The third-order valence-corrected chi connectivity index (χ3v) is 4.90. The standard InChI is InChI=1S/C26H24O8/c1-16-13-22(32-4)24(21(27)15-33-25(28)17-5-9-19(30-2)10-6-17)23(14-16)34-26(29)18-7-11-20(31-3)12-8-18/h5-14H,15H2,1-4H3. The second-order valence-electron chi connectivity index (χ2n) is 7.19. The van der Waals surface area contributed by atoms with Crippen molar-refractivity contribution in [1.29, 1.82) is 0 Å². The summed E-state index contributed by atoms with van der Waals surface area (Å²) in [6.07, 6.45) is 0. The second-order valence-corrected chi connectivity index (χ2v) is 7.19. The van der Waals surface area contributed by atoms with Gasteiger partial charge in [-0.2, -0.15) is 0 Å². The summed E-state index contributed by atoms with van der Waals surface area (Å²) >= 11 is 0. The predicted molar refractivity (Wildman–Crippen MR) is 123 cm³/mol. The normalized spacial score (nSPS) is 10.2. The lowest BCUT2D eigenvalue weighted by atomic mass is 10.1. The number of methoxy groups -OCH3 is 3. The van der Waals surface area contributed by atoms with Crippen LogP contribution >= 0.6 is 0 Å². The Kier molecular flexibility index (Phi) is 7.87. The van der Waals surface area contributed by atoms with Crippen molar-refractivity contribution in [3.63, 3.8) is 0 Å². The maximum Gasteiger partial charge on any atom is 0.343 e. The summed E-state index contributed by atoms with van der Waals surface area (Å²) in [4.78, 5) is 38.0. The zero-order chi connectivity index (χ0) is 24.7. The number of esters is 2. The van der Waals surface area contributed by atoms with E-state index in [0.29, 0.717) is 17.1 Å². The molecule has 0 radical (unpaired) electrons. The van der Waals surface area contributed by atoms with Gasteiger partial charge in [0.2, 0.25) is 5.78 Å². The molecule has 34 heavy (non-hydrogen) atoms. The van der Waals surface area contributed by atoms with Crippen LogP contribution in [0.25, 0.3) is 0 Å². The van der Waals surface area contributed by atoms with E-state index in [2.05, 4.69) is 0 Å². The number of ether oxygens (including phenoxy) is 5. The molecule has 0 aliphatic rings. The fraction of sp³-hybridized carbons (Fsp3) is 0.192. The highest BCUT2D eigenvalue weighted by Crippen LogP contribution is 2.32. The molecule has 0 aliphatic heterocycles. The fourth-order valence-corrected chi connectivity index (χ4v) is 3.14. The van der Waals surface area contributed by atoms with Crippen LogP contribution in [0.4, 0.5) is 0 Å². The van der Waals surface area contributed by atoms with Crippen LogP contribution in [-0.4, -0.2) is 45.7 Å². The van der Waals surface area contributed by atoms with E-state index in [0.717, 1.165) is 0 Å². The summed E-state index contributed by atoms with van der Waals surface area (Å²) in [5, 5.41) is 0. The van der Waals surface area contributed by atoms with Crippen LogP contribution in [0.2, 0.25) is 0 Å². The van der Waals surface area contributed by atoms with Crippen LogP contribution in [0.1, 0.15) is 36.6 Å². The summed E-state index contributed by atoms with van der Waals surface area (Å²) in [5.74, 6) is -0.565. The Bertz CT molecular complexity index is 1180. The molecule has 0 aliphatic carbocycles. The molecule has 8 nitrogen and oxygen atoms in total. The molecule has 0 atom stereocenters. The van der Waals surface area contributed by atoms with E-state index in [9.17, 15) is 14.4 Å². The van der Waals surface area contributed by atoms with Gasteiger partial charge in [0.05, 0.1) is 32.5 Å². The number of aryl methyl sites for hydroxylation is 1. The molecule has 0 heterocycles. The highest BCUT2D eigenvalue weighted by Gasteiger charge is 2.23. The Morgan fingerprint density at radius 2 is 1.18 bits per heavy atom. The molecular formula is C26H24O8. The van der Waals surface area contributed by atoms with Gasteiger partial charge in [-0.15, -0.1) is 0 Å². The first kappa shape index (κ1) is 24.3. The molecular weight excluding hydrogens is 440 g/mol. The van der Waals surface area contributed by atoms with E-state index in [4.69, 9.17) is 23.7 Å². The second kappa shape index (κ2) is 11.0. The molecule has 3 rings (SSSR count). The van der Waals surface area contributed by atoms with E-state index in [1.54, 1.807) is 55.5 Å². The smallest absolute Gasteiger partial charge is 0.343 e. The highest BCUT2D eigenvalue weighted by molar-refractivity contribution is 6.04. The van der Waals surface area contributed by atoms with Crippen molar-refractivity contribution in [2.24, 2.45) is 0 Å². The molecule has 3 aromatic carbocycles. The van der Waals surface area contributed by atoms with Gasteiger partial charge in [-0.25, -0.2) is 9.59 Å². The zero-order valence-corrected chi connectivity index (χ0v) is 19.2. The number of ketones is 1. The van der Waals surface area contributed by atoms with Crippen LogP contribution in [-0.2, 0) is 4.74 Å². The lowest BCUT2D eigenvalue weighted by Gasteiger charge is -2.15. The van der Waals surface area contributed by atoms with Crippen LogP contribution in [0, 0.1) is 6.92 Å². The van der Waals surface area contributed by atoms with Crippen molar-refractivity contribution in [3.05, 3.63) is 82.9 Å². The summed E-state index contributed by atoms with van der Waals surface area (Å²) in [7, 11) is 4.43. The van der Waals surface area contributed by atoms with Crippen LogP contribution in [0.3, 0.4) is 0 Å². The topological polar surface area (TPSA) is 97.4 Å². The minimum Gasteiger partial charge on any atom is -0.497 e. The number of Topliss-reactive ketones (excluding diaryl/α,β-unsaturated/α-hetero) is 1. The molecule has 0 aromatic heterocycles. The zero-order valence-electron chi connectivity index (χ0n) is 19.2. The summed E-state index contributed by atoms with van der Waals surface area (Å²) in [6, 6.07) is 15.8. The van der Waals surface area contributed by atoms with Gasteiger partial charge in [0.15, 0.2) is 6.61 Å². The number of carbonyl (C=O) groups excluding carboxylic acids is 3. The van der Waals surface area contributed by atoms with Crippen molar-refractivity contribution in [2.75, 3.05) is 27.9 Å². The molecule has 0 saturated carbocycles. The van der Waals surface area contributed by atoms with Crippen LogP contribution < -0.4 is 18.9 Å². The van der Waals surface area contributed by atoms with E-state index in [-0.39, 0.29) is 28.2 Å². The molecule has 0 N–H and O–H groups in total. The average Bonchev–Trinajstić information content (AvgIpc) is 2.86. The summed E-state index contributed by atoms with van der Waals surface area (Å²) in [6.45, 7) is 1.20. The third-order valence-electron chi connectivity index (χ3n) is 4.90. The molecule has 3 aromatic rings. The van der Waals surface area contributed by atoms with Gasteiger partial charge >= 0.3 is 11.9 Å². The molecule has 0 spiro atoms. The van der Waals surface area contributed by atoms with Crippen molar-refractivity contribution < 1.29 is 38.1 Å². The lowest BCUT2D eigenvalue weighted by molar-refractivity contribution is 0.0471. The van der Waals surface area contributed by atoms with E-state index in [1.165, 1.54) is 33.5 Å². The van der Waals surface area contributed by atoms with Gasteiger partial charge in [0.25, 0.3) is 0 Å². The van der Waals surface area contributed by atoms with Crippen molar-refractivity contribution >= 4 is 17.7 Å². The number of benzene rings is 3. The Morgan fingerprint density at radius 3 is 1.68 bits per heavy atom. The van der Waals surface area contributed by atoms with Gasteiger partial charge < -0.3 is 23.7 Å². The quantitative estimate of drug-likeness (QED) is 0.263. The minimum atomic E-state index is -0.682. The Morgan fingerprint density at radius 1 is 0.676 bits per heavy atom. The molecule has 0 fully saturated rings. The molecule has 0 bridgehead atoms. The summed E-state index contributed by atoms with van der Waals surface area (Å²) < 4.78 is 26.2. The van der Waals surface area contributed by atoms with Crippen LogP contribution in [0.15, 0.2) is 60.7 Å². The predicted octanol–water partition coefficient (Wildman–Crippen LogP) is 4.28. The van der Waals surface area contributed by atoms with Gasteiger partial charge in [-0.3, -0.25) is 4.79 Å². The van der Waals surface area contributed by atoms with E-state index < -0.39 is 24.3 Å². The van der Waals surface area contributed by atoms with Crippen LogP contribution in [0.5, 0.6) is 23.0 Å². The third kappa shape index (κ3) is 5.72. The minimum absolute atomic E-state index is 0.00232. The first-order chi connectivity index (χ1) is 16.4. The van der Waals surface area contributed by atoms with Crippen molar-refractivity contribution in [3.8, 4) is 23.0 Å². The maximum absolute atomic E-state index is 13.0. The lowest BCUT2D eigenvalue weighted by Crippen LogP contribution is -2.18. The fourth-order valence-electron chi connectivity index (χ4n) is 3.14.